The molecule has 1 aromatic carbocycles. The van der Waals surface area contributed by atoms with Crippen LogP contribution in [0.5, 0.6) is 0 Å². The van der Waals surface area contributed by atoms with Crippen LogP contribution in [-0.2, 0) is 14.4 Å². The second-order valence-electron chi connectivity index (χ2n) is 9.02. The smallest absolute Gasteiger partial charge is 0.374 e. The highest BCUT2D eigenvalue weighted by Crippen LogP contribution is 2.45. The van der Waals surface area contributed by atoms with E-state index in [2.05, 4.69) is 16.8 Å². The molecule has 35 heavy (non-hydrogen) atoms. The number of anilines is 2. The van der Waals surface area contributed by atoms with Crippen LogP contribution in [0.2, 0.25) is 5.02 Å². The van der Waals surface area contributed by atoms with Gasteiger partial charge < -0.3 is 20.4 Å². The van der Waals surface area contributed by atoms with E-state index in [1.807, 2.05) is 5.32 Å². The Bertz CT molecular complexity index is 1020. The number of likely N-dealkylation sites (tertiary alicyclic amines) is 1. The number of halogens is 4. The Morgan fingerprint density at radius 2 is 1.71 bits per heavy atom. The zero-order valence-corrected chi connectivity index (χ0v) is 19.8. The first-order chi connectivity index (χ1) is 16.6. The molecule has 0 atom stereocenters. The number of alkyl halides is 3. The summed E-state index contributed by atoms with van der Waals surface area (Å²) in [7, 11) is 0. The maximum atomic E-state index is 12.8. The molecule has 0 unspecified atom stereocenters. The standard InChI is InChI=1S/C23H27ClF3N5O3/c1-2-20(33)32-12-15(13-32)30-5-7-31(8-6-30)21(34)11-28-18-9-16(14-3-4-14)17(24)10-19(18)29-22(35)23(25,26)27/h2,9-10,14-15,28H,1,3-8,11-13H2,(H,29,35). The van der Waals surface area contributed by atoms with Gasteiger partial charge in [0, 0.05) is 50.3 Å². The number of rotatable bonds is 7. The molecule has 0 aromatic heterocycles. The largest absolute Gasteiger partial charge is 0.471 e. The van der Waals surface area contributed by atoms with Crippen LogP contribution in [0.15, 0.2) is 24.8 Å². The average Bonchev–Trinajstić information content (AvgIpc) is 3.62. The molecule has 2 heterocycles. The quantitative estimate of drug-likeness (QED) is 0.548. The van der Waals surface area contributed by atoms with Crippen molar-refractivity contribution in [2.75, 3.05) is 56.4 Å². The summed E-state index contributed by atoms with van der Waals surface area (Å²) >= 11 is 6.24. The lowest BCUT2D eigenvalue weighted by atomic mass is 10.1. The molecule has 1 saturated carbocycles. The molecule has 3 fully saturated rings. The summed E-state index contributed by atoms with van der Waals surface area (Å²) in [4.78, 5) is 41.5. The third-order valence-corrected chi connectivity index (χ3v) is 6.95. The van der Waals surface area contributed by atoms with Gasteiger partial charge in [0.2, 0.25) is 11.8 Å². The van der Waals surface area contributed by atoms with E-state index >= 15 is 0 Å². The molecule has 3 aliphatic rings. The summed E-state index contributed by atoms with van der Waals surface area (Å²) < 4.78 is 38.4. The summed E-state index contributed by atoms with van der Waals surface area (Å²) in [6.45, 7) is 7.02. The molecule has 4 rings (SSSR count). The van der Waals surface area contributed by atoms with Crippen LogP contribution in [0, 0.1) is 0 Å². The second kappa shape index (κ2) is 10.1. The van der Waals surface area contributed by atoms with E-state index in [0.29, 0.717) is 39.3 Å². The molecule has 0 bridgehead atoms. The molecular formula is C23H27ClF3N5O3. The number of hydrogen-bond acceptors (Lipinski definition) is 5. The second-order valence-corrected chi connectivity index (χ2v) is 9.42. The monoisotopic (exact) mass is 513 g/mol. The Labute approximate surface area is 206 Å². The summed E-state index contributed by atoms with van der Waals surface area (Å²) in [6.07, 6.45) is -1.90. The SMILES string of the molecule is C=CC(=O)N1CC(N2CCN(C(=O)CNc3cc(C4CC4)c(Cl)cc3NC(=O)C(F)(F)F)CC2)C1. The lowest BCUT2D eigenvalue weighted by molar-refractivity contribution is -0.167. The molecule has 3 amide bonds. The molecule has 0 spiro atoms. The van der Waals surface area contributed by atoms with Gasteiger partial charge in [-0.05, 0) is 42.5 Å². The Morgan fingerprint density at radius 1 is 1.06 bits per heavy atom. The van der Waals surface area contributed by atoms with Gasteiger partial charge in [-0.2, -0.15) is 13.2 Å². The summed E-state index contributed by atoms with van der Waals surface area (Å²) in [5.74, 6) is -2.16. The van der Waals surface area contributed by atoms with Crippen molar-refractivity contribution in [2.45, 2.75) is 31.0 Å². The molecular weight excluding hydrogens is 487 g/mol. The van der Waals surface area contributed by atoms with Crippen LogP contribution in [0.25, 0.3) is 0 Å². The van der Waals surface area contributed by atoms with Gasteiger partial charge in [-0.1, -0.05) is 18.2 Å². The maximum Gasteiger partial charge on any atom is 0.471 e. The third-order valence-electron chi connectivity index (χ3n) is 6.62. The molecule has 2 saturated heterocycles. The van der Waals surface area contributed by atoms with Gasteiger partial charge in [-0.25, -0.2) is 0 Å². The van der Waals surface area contributed by atoms with E-state index in [1.54, 1.807) is 15.9 Å². The topological polar surface area (TPSA) is 85.0 Å². The van der Waals surface area contributed by atoms with Crippen molar-refractivity contribution in [3.63, 3.8) is 0 Å². The number of carbonyl (C=O) groups is 3. The summed E-state index contributed by atoms with van der Waals surface area (Å²) in [5, 5.41) is 5.03. The molecule has 1 aliphatic carbocycles. The number of carbonyl (C=O) groups excluding carboxylic acids is 3. The Morgan fingerprint density at radius 3 is 2.29 bits per heavy atom. The fourth-order valence-electron chi connectivity index (χ4n) is 4.35. The van der Waals surface area contributed by atoms with Gasteiger partial charge in [0.25, 0.3) is 0 Å². The highest BCUT2D eigenvalue weighted by Gasteiger charge is 2.39. The summed E-state index contributed by atoms with van der Waals surface area (Å²) in [6, 6.07) is 3.18. The van der Waals surface area contributed by atoms with Gasteiger partial charge in [0.05, 0.1) is 17.9 Å². The van der Waals surface area contributed by atoms with E-state index in [0.717, 1.165) is 18.4 Å². The van der Waals surface area contributed by atoms with Gasteiger partial charge in [-0.3, -0.25) is 19.3 Å². The first-order valence-electron chi connectivity index (χ1n) is 11.5. The van der Waals surface area contributed by atoms with Crippen molar-refractivity contribution in [1.82, 2.24) is 14.7 Å². The highest BCUT2D eigenvalue weighted by molar-refractivity contribution is 6.32. The normalized spacial score (nSPS) is 19.2. The Hall–Kier alpha value is -2.79. The Balaban J connectivity index is 1.33. The highest BCUT2D eigenvalue weighted by atomic mass is 35.5. The molecule has 2 N–H and O–H groups in total. The average molecular weight is 514 g/mol. The number of benzene rings is 1. The first-order valence-corrected chi connectivity index (χ1v) is 11.8. The van der Waals surface area contributed by atoms with Gasteiger partial charge in [0.15, 0.2) is 0 Å². The number of nitrogens with one attached hydrogen (secondary N) is 2. The lowest BCUT2D eigenvalue weighted by Gasteiger charge is -2.47. The van der Waals surface area contributed by atoms with Crippen LogP contribution in [0.1, 0.15) is 24.3 Å². The predicted molar refractivity (Wildman–Crippen MR) is 125 cm³/mol. The molecule has 190 valence electrons. The van der Waals surface area contributed by atoms with Crippen LogP contribution in [-0.4, -0.2) is 90.5 Å². The van der Waals surface area contributed by atoms with Gasteiger partial charge >= 0.3 is 12.1 Å². The molecule has 12 heteroatoms. The van der Waals surface area contributed by atoms with E-state index < -0.39 is 12.1 Å². The van der Waals surface area contributed by atoms with E-state index in [9.17, 15) is 27.6 Å². The van der Waals surface area contributed by atoms with Crippen LogP contribution < -0.4 is 10.6 Å². The van der Waals surface area contributed by atoms with Crippen molar-refractivity contribution in [3.05, 3.63) is 35.4 Å². The van der Waals surface area contributed by atoms with E-state index in [4.69, 9.17) is 11.6 Å². The van der Waals surface area contributed by atoms with Crippen LogP contribution in [0.4, 0.5) is 24.5 Å². The minimum Gasteiger partial charge on any atom is -0.374 e. The Kier molecular flexibility index (Phi) is 7.27. The fourth-order valence-corrected chi connectivity index (χ4v) is 4.67. The van der Waals surface area contributed by atoms with E-state index in [1.165, 1.54) is 12.1 Å². The van der Waals surface area contributed by atoms with Crippen molar-refractivity contribution < 1.29 is 27.6 Å². The third kappa shape index (κ3) is 5.90. The summed E-state index contributed by atoms with van der Waals surface area (Å²) in [5.41, 5.74) is 0.884. The van der Waals surface area contributed by atoms with Crippen LogP contribution in [0.3, 0.4) is 0 Å². The van der Waals surface area contributed by atoms with Crippen molar-refractivity contribution in [1.29, 1.82) is 0 Å². The minimum atomic E-state index is -5.05. The maximum absolute atomic E-state index is 12.8. The molecule has 0 radical (unpaired) electrons. The fraction of sp³-hybridized carbons (Fsp3) is 0.522. The number of amides is 3. The van der Waals surface area contributed by atoms with Gasteiger partial charge in [0.1, 0.15) is 0 Å². The van der Waals surface area contributed by atoms with Crippen molar-refractivity contribution in [3.8, 4) is 0 Å². The van der Waals surface area contributed by atoms with E-state index in [-0.39, 0.29) is 46.7 Å². The first kappa shape index (κ1) is 25.3. The van der Waals surface area contributed by atoms with Crippen molar-refractivity contribution >= 4 is 40.7 Å². The molecule has 1 aromatic rings. The van der Waals surface area contributed by atoms with Crippen molar-refractivity contribution in [2.24, 2.45) is 0 Å². The zero-order valence-electron chi connectivity index (χ0n) is 19.0. The molecule has 2 aliphatic heterocycles. The predicted octanol–water partition coefficient (Wildman–Crippen LogP) is 2.67. The number of nitrogens with zero attached hydrogens (tertiary/aromatic N) is 3. The lowest BCUT2D eigenvalue weighted by Crippen LogP contribution is -2.64. The van der Waals surface area contributed by atoms with Gasteiger partial charge in [-0.15, -0.1) is 0 Å². The number of piperazine rings is 1. The number of hydrogen-bond donors (Lipinski definition) is 2. The minimum absolute atomic E-state index is 0.0843. The molecule has 8 nitrogen and oxygen atoms in total. The zero-order chi connectivity index (χ0) is 25.3. The van der Waals surface area contributed by atoms with Crippen LogP contribution >= 0.6 is 11.6 Å².